The Morgan fingerprint density at radius 1 is 1.07 bits per heavy atom. The van der Waals surface area contributed by atoms with Crippen molar-refractivity contribution in [3.63, 3.8) is 0 Å². The molecule has 148 valence electrons. The van der Waals surface area contributed by atoms with Gasteiger partial charge in [0.2, 0.25) is 0 Å². The Hall–Kier alpha value is -2.55. The molecule has 2 fully saturated rings. The Kier molecular flexibility index (Phi) is 5.64. The van der Waals surface area contributed by atoms with E-state index in [0.29, 0.717) is 0 Å². The minimum Gasteiger partial charge on any atom is -0.337 e. The molecule has 1 aliphatic heterocycles. The van der Waals surface area contributed by atoms with Crippen LogP contribution in [0, 0.1) is 37.5 Å². The minimum absolute atomic E-state index is 0.0686. The second kappa shape index (κ2) is 7.83. The molecule has 4 nitrogen and oxygen atoms in total. The van der Waals surface area contributed by atoms with Crippen LogP contribution in [0.4, 0.5) is 8.78 Å². The molecule has 2 aliphatic rings. The van der Waals surface area contributed by atoms with Crippen molar-refractivity contribution in [1.29, 1.82) is 0 Å². The van der Waals surface area contributed by atoms with Crippen LogP contribution in [-0.4, -0.2) is 41.9 Å². The zero-order chi connectivity index (χ0) is 20.6. The smallest absolute Gasteiger partial charge is 0.315 e. The number of nitrogens with zero attached hydrogens (tertiary/aromatic N) is 1. The van der Waals surface area contributed by atoms with Crippen molar-refractivity contribution in [2.45, 2.75) is 46.0 Å². The predicted octanol–water partition coefficient (Wildman–Crippen LogP) is 3.03. The van der Waals surface area contributed by atoms with Gasteiger partial charge in [-0.1, -0.05) is 5.92 Å². The third-order valence-corrected chi connectivity index (χ3v) is 5.80. The molecule has 1 saturated heterocycles. The number of amides is 1. The highest BCUT2D eigenvalue weighted by molar-refractivity contribution is 6.10. The summed E-state index contributed by atoms with van der Waals surface area (Å²) in [5.41, 5.74) is 3.37. The Balaban J connectivity index is 1.73. The highest BCUT2D eigenvalue weighted by Crippen LogP contribution is 2.39. The van der Waals surface area contributed by atoms with Crippen LogP contribution in [0.15, 0.2) is 12.1 Å². The van der Waals surface area contributed by atoms with Gasteiger partial charge in [0.25, 0.3) is 5.91 Å². The van der Waals surface area contributed by atoms with E-state index in [1.54, 1.807) is 6.92 Å². The summed E-state index contributed by atoms with van der Waals surface area (Å²) in [5, 5.41) is 0. The largest absolute Gasteiger partial charge is 0.337 e. The second-order valence-corrected chi connectivity index (χ2v) is 7.74. The second-order valence-electron chi connectivity index (χ2n) is 7.74. The normalized spacial score (nSPS) is 22.7. The maximum Gasteiger partial charge on any atom is 0.315 e. The lowest BCUT2D eigenvalue weighted by atomic mass is 9.69. The maximum absolute atomic E-state index is 12.8. The third-order valence-electron chi connectivity index (χ3n) is 5.80. The lowest BCUT2D eigenvalue weighted by molar-refractivity contribution is -0.152. The van der Waals surface area contributed by atoms with Crippen molar-refractivity contribution in [1.82, 2.24) is 4.90 Å². The van der Waals surface area contributed by atoms with Gasteiger partial charge >= 0.3 is 6.43 Å². The van der Waals surface area contributed by atoms with Crippen LogP contribution < -0.4 is 0 Å². The van der Waals surface area contributed by atoms with E-state index in [1.165, 1.54) is 0 Å². The fourth-order valence-corrected chi connectivity index (χ4v) is 4.43. The lowest BCUT2D eigenvalue weighted by Crippen LogP contribution is -2.55. The molecule has 0 bridgehead atoms. The van der Waals surface area contributed by atoms with Crippen molar-refractivity contribution in [3.05, 3.63) is 34.4 Å². The van der Waals surface area contributed by atoms with Gasteiger partial charge in [-0.2, -0.15) is 8.78 Å². The van der Waals surface area contributed by atoms with Gasteiger partial charge in [-0.25, -0.2) is 0 Å². The lowest BCUT2D eigenvalue weighted by Gasteiger charge is -2.44. The molecule has 1 aromatic carbocycles. The molecule has 6 heteroatoms. The molecule has 1 aromatic rings. The van der Waals surface area contributed by atoms with Crippen molar-refractivity contribution < 1.29 is 23.2 Å². The number of hydrogen-bond acceptors (Lipinski definition) is 3. The molecule has 0 unspecified atom stereocenters. The molecular formula is C22H23F2NO3. The standard InChI is InChI=1S/C22H23F2NO3/c1-4-5-14-6-12(2)19(13(3)7-14)20-17(26)8-15(9-18(20)27)16-10-25(11-16)22(28)21(23)24/h6-7,15-16,20-21H,8-11H2,1-3H3. The Labute approximate surface area is 163 Å². The first-order valence-electron chi connectivity index (χ1n) is 9.39. The highest BCUT2D eigenvalue weighted by Gasteiger charge is 2.45. The highest BCUT2D eigenvalue weighted by atomic mass is 19.3. The van der Waals surface area contributed by atoms with Gasteiger partial charge in [-0.15, -0.1) is 5.92 Å². The first kappa shape index (κ1) is 20.2. The average Bonchev–Trinajstić information content (AvgIpc) is 2.55. The summed E-state index contributed by atoms with van der Waals surface area (Å²) in [6.07, 6.45) is -2.52. The summed E-state index contributed by atoms with van der Waals surface area (Å²) in [5.74, 6) is 3.40. The van der Waals surface area contributed by atoms with E-state index in [1.807, 2.05) is 26.0 Å². The first-order valence-corrected chi connectivity index (χ1v) is 9.39. The third kappa shape index (κ3) is 3.71. The van der Waals surface area contributed by atoms with E-state index < -0.39 is 18.3 Å². The van der Waals surface area contributed by atoms with Crippen LogP contribution in [0.5, 0.6) is 0 Å². The van der Waals surface area contributed by atoms with Gasteiger partial charge in [0.15, 0.2) is 0 Å². The summed E-state index contributed by atoms with van der Waals surface area (Å²) in [6, 6.07) is 3.79. The van der Waals surface area contributed by atoms with Crippen LogP contribution in [0.1, 0.15) is 47.9 Å². The van der Waals surface area contributed by atoms with E-state index >= 15 is 0 Å². The zero-order valence-corrected chi connectivity index (χ0v) is 16.2. The van der Waals surface area contributed by atoms with Crippen molar-refractivity contribution in [2.75, 3.05) is 13.1 Å². The van der Waals surface area contributed by atoms with E-state index in [9.17, 15) is 23.2 Å². The van der Waals surface area contributed by atoms with Crippen molar-refractivity contribution >= 4 is 17.5 Å². The number of carbonyl (C=O) groups is 3. The molecule has 28 heavy (non-hydrogen) atoms. The van der Waals surface area contributed by atoms with Crippen molar-refractivity contribution in [2.24, 2.45) is 11.8 Å². The number of ketones is 2. The molecule has 1 aliphatic carbocycles. The quantitative estimate of drug-likeness (QED) is 0.592. The molecule has 1 saturated carbocycles. The minimum atomic E-state index is -3.01. The summed E-state index contributed by atoms with van der Waals surface area (Å²) >= 11 is 0. The van der Waals surface area contributed by atoms with Gasteiger partial charge in [-0.05, 0) is 61.4 Å². The molecule has 3 rings (SSSR count). The van der Waals surface area contributed by atoms with E-state index in [4.69, 9.17) is 0 Å². The monoisotopic (exact) mass is 387 g/mol. The van der Waals surface area contributed by atoms with Crippen LogP contribution in [0.3, 0.4) is 0 Å². The molecule has 0 atom stereocenters. The van der Waals surface area contributed by atoms with Gasteiger partial charge in [0.05, 0.1) is 0 Å². The van der Waals surface area contributed by atoms with Gasteiger partial charge in [-0.3, -0.25) is 14.4 Å². The molecule has 1 amide bonds. The number of Topliss-reactive ketones (excluding diaryl/α,β-unsaturated/α-hetero) is 2. The zero-order valence-electron chi connectivity index (χ0n) is 16.2. The topological polar surface area (TPSA) is 54.5 Å². The van der Waals surface area contributed by atoms with E-state index in [2.05, 4.69) is 11.8 Å². The van der Waals surface area contributed by atoms with E-state index in [0.717, 1.165) is 27.2 Å². The Morgan fingerprint density at radius 3 is 2.07 bits per heavy atom. The average molecular weight is 387 g/mol. The summed E-state index contributed by atoms with van der Waals surface area (Å²) in [4.78, 5) is 38.1. The summed E-state index contributed by atoms with van der Waals surface area (Å²) in [6.45, 7) is 5.91. The van der Waals surface area contributed by atoms with Gasteiger partial charge in [0, 0.05) is 31.5 Å². The Bertz CT molecular complexity index is 850. The van der Waals surface area contributed by atoms with Gasteiger partial charge in [0.1, 0.15) is 17.5 Å². The van der Waals surface area contributed by atoms with Crippen LogP contribution in [0.2, 0.25) is 0 Å². The molecular weight excluding hydrogens is 364 g/mol. The first-order chi connectivity index (χ1) is 13.2. The number of likely N-dealkylation sites (tertiary alicyclic amines) is 1. The van der Waals surface area contributed by atoms with Crippen molar-refractivity contribution in [3.8, 4) is 11.8 Å². The number of alkyl halides is 2. The van der Waals surface area contributed by atoms with Gasteiger partial charge < -0.3 is 4.90 Å². The maximum atomic E-state index is 12.8. The number of benzene rings is 1. The number of aryl methyl sites for hydroxylation is 2. The molecule has 0 radical (unpaired) electrons. The number of carbonyl (C=O) groups excluding carboxylic acids is 3. The van der Waals surface area contributed by atoms with Crippen LogP contribution in [-0.2, 0) is 14.4 Å². The molecule has 1 heterocycles. The predicted molar refractivity (Wildman–Crippen MR) is 100 cm³/mol. The number of rotatable bonds is 3. The number of hydrogen-bond donors (Lipinski definition) is 0. The number of halogens is 2. The Morgan fingerprint density at radius 2 is 1.61 bits per heavy atom. The summed E-state index contributed by atoms with van der Waals surface area (Å²) < 4.78 is 25.0. The van der Waals surface area contributed by atoms with Crippen LogP contribution in [0.25, 0.3) is 0 Å². The van der Waals surface area contributed by atoms with E-state index in [-0.39, 0.29) is 49.3 Å². The SMILES string of the molecule is CC#Cc1cc(C)c(C2C(=O)CC(C3CN(C(=O)C(F)F)C3)CC2=O)c(C)c1. The summed E-state index contributed by atoms with van der Waals surface area (Å²) in [7, 11) is 0. The molecule has 0 aromatic heterocycles. The molecule has 0 N–H and O–H groups in total. The fraction of sp³-hybridized carbons (Fsp3) is 0.500. The van der Waals surface area contributed by atoms with Crippen LogP contribution >= 0.6 is 0 Å². The molecule has 0 spiro atoms. The fourth-order valence-electron chi connectivity index (χ4n) is 4.43.